The van der Waals surface area contributed by atoms with Gasteiger partial charge in [-0.25, -0.2) is 9.59 Å². The molecule has 5 atom stereocenters. The fourth-order valence-electron chi connectivity index (χ4n) is 4.51. The molecule has 13 heteroatoms. The third kappa shape index (κ3) is 4.48. The summed E-state index contributed by atoms with van der Waals surface area (Å²) in [5, 5.41) is 31.6. The van der Waals surface area contributed by atoms with Gasteiger partial charge in [0.1, 0.15) is 31.0 Å². The quantitative estimate of drug-likeness (QED) is 0.409. The van der Waals surface area contributed by atoms with Crippen molar-refractivity contribution in [3.8, 4) is 34.5 Å². The summed E-state index contributed by atoms with van der Waals surface area (Å²) in [5.74, 6) is -1.43. The molecule has 0 radical (unpaired) electrons. The Kier molecular flexibility index (Phi) is 7.71. The first kappa shape index (κ1) is 27.1. The van der Waals surface area contributed by atoms with Crippen LogP contribution < -0.4 is 23.7 Å². The summed E-state index contributed by atoms with van der Waals surface area (Å²) >= 11 is 0. The average Bonchev–Trinajstić information content (AvgIpc) is 2.93. The molecule has 1 saturated heterocycles. The van der Waals surface area contributed by atoms with Crippen molar-refractivity contribution in [2.24, 2.45) is 0 Å². The molecule has 0 spiro atoms. The standard InChI is InChI=1S/C25H28O13/c1-31-12-6-10(7-13(32-2)17(12)26)24(29)36-9-15-18(27)19(28)23-22(37-15)16-11(25(30)38-23)8-14(33-3)20(34-4)21(16)35-5/h6-8,15,18-19,22-23,26-28H,9H2,1-5H3/t15-,18-,19+,22+,23-/m1/s1. The van der Waals surface area contributed by atoms with Crippen LogP contribution in [-0.2, 0) is 14.2 Å². The number of carbonyl (C=O) groups excluding carboxylic acids is 2. The van der Waals surface area contributed by atoms with Crippen LogP contribution in [0.15, 0.2) is 18.2 Å². The highest BCUT2D eigenvalue weighted by Crippen LogP contribution is 2.50. The number of rotatable bonds is 8. The van der Waals surface area contributed by atoms with Gasteiger partial charge in [-0.15, -0.1) is 0 Å². The number of hydrogen-bond donors (Lipinski definition) is 3. The van der Waals surface area contributed by atoms with Gasteiger partial charge in [0, 0.05) is 5.56 Å². The van der Waals surface area contributed by atoms with E-state index in [2.05, 4.69) is 0 Å². The molecule has 1 fully saturated rings. The van der Waals surface area contributed by atoms with E-state index in [9.17, 15) is 24.9 Å². The molecule has 2 aliphatic rings. The summed E-state index contributed by atoms with van der Waals surface area (Å²) < 4.78 is 43.1. The van der Waals surface area contributed by atoms with Crippen LogP contribution in [0.2, 0.25) is 0 Å². The SMILES string of the molecule is COc1cc(C(=O)OC[C@H]2O[C@H]3c4c(cc(OC)c(OC)c4OC)C(=O)O[C@@H]3[C@@H](O)[C@@H]2O)cc(OC)c1O. The van der Waals surface area contributed by atoms with Crippen LogP contribution in [0, 0.1) is 0 Å². The molecule has 2 aromatic rings. The number of ether oxygens (including phenoxy) is 8. The van der Waals surface area contributed by atoms with Crippen molar-refractivity contribution < 1.29 is 62.8 Å². The van der Waals surface area contributed by atoms with Crippen LogP contribution >= 0.6 is 0 Å². The normalized spacial score (nSPS) is 23.9. The van der Waals surface area contributed by atoms with Gasteiger partial charge in [0.25, 0.3) is 0 Å². The minimum Gasteiger partial charge on any atom is -0.502 e. The topological polar surface area (TPSA) is 169 Å². The van der Waals surface area contributed by atoms with Crippen LogP contribution in [-0.4, -0.2) is 93.8 Å². The molecule has 0 amide bonds. The smallest absolute Gasteiger partial charge is 0.339 e. The number of esters is 2. The van der Waals surface area contributed by atoms with Gasteiger partial charge in [0.15, 0.2) is 29.1 Å². The highest BCUT2D eigenvalue weighted by Gasteiger charge is 2.52. The summed E-state index contributed by atoms with van der Waals surface area (Å²) in [7, 11) is 6.76. The molecule has 2 heterocycles. The van der Waals surface area contributed by atoms with Crippen molar-refractivity contribution in [1.29, 1.82) is 0 Å². The Bertz CT molecular complexity index is 1200. The molecule has 2 aliphatic heterocycles. The molecule has 2 aromatic carbocycles. The van der Waals surface area contributed by atoms with Crippen LogP contribution in [0.5, 0.6) is 34.5 Å². The van der Waals surface area contributed by atoms with Crippen LogP contribution in [0.4, 0.5) is 0 Å². The number of aliphatic hydroxyl groups excluding tert-OH is 2. The van der Waals surface area contributed by atoms with Gasteiger partial charge in [-0.1, -0.05) is 0 Å². The zero-order chi connectivity index (χ0) is 27.7. The number of benzene rings is 2. The lowest BCUT2D eigenvalue weighted by Crippen LogP contribution is -2.58. The van der Waals surface area contributed by atoms with E-state index >= 15 is 0 Å². The molecule has 13 nitrogen and oxygen atoms in total. The van der Waals surface area contributed by atoms with Crippen molar-refractivity contribution in [1.82, 2.24) is 0 Å². The molecule has 3 N–H and O–H groups in total. The van der Waals surface area contributed by atoms with Gasteiger partial charge in [-0.3, -0.25) is 0 Å². The lowest BCUT2D eigenvalue weighted by Gasteiger charge is -2.45. The number of phenols is 1. The summed E-state index contributed by atoms with van der Waals surface area (Å²) in [6, 6.07) is 3.91. The summed E-state index contributed by atoms with van der Waals surface area (Å²) in [4.78, 5) is 25.5. The minimum absolute atomic E-state index is 0.00401. The lowest BCUT2D eigenvalue weighted by atomic mass is 9.86. The molecule has 0 bridgehead atoms. The number of phenolic OH excluding ortho intramolecular Hbond substituents is 1. The Morgan fingerprint density at radius 2 is 1.47 bits per heavy atom. The van der Waals surface area contributed by atoms with Crippen molar-refractivity contribution in [3.05, 3.63) is 34.9 Å². The fourth-order valence-corrected chi connectivity index (χ4v) is 4.51. The van der Waals surface area contributed by atoms with E-state index in [1.165, 1.54) is 53.7 Å². The first-order valence-electron chi connectivity index (χ1n) is 11.4. The zero-order valence-corrected chi connectivity index (χ0v) is 21.3. The van der Waals surface area contributed by atoms with Gasteiger partial charge in [0.05, 0.1) is 46.7 Å². The van der Waals surface area contributed by atoms with Gasteiger partial charge in [-0.05, 0) is 18.2 Å². The van der Waals surface area contributed by atoms with E-state index in [1.807, 2.05) is 0 Å². The first-order chi connectivity index (χ1) is 18.2. The third-order valence-electron chi connectivity index (χ3n) is 6.40. The fraction of sp³-hybridized carbons (Fsp3) is 0.440. The largest absolute Gasteiger partial charge is 0.502 e. The monoisotopic (exact) mass is 536 g/mol. The predicted octanol–water partition coefficient (Wildman–Crippen LogP) is 0.993. The minimum atomic E-state index is -1.58. The van der Waals surface area contributed by atoms with Crippen molar-refractivity contribution in [2.45, 2.75) is 30.5 Å². The van der Waals surface area contributed by atoms with E-state index in [-0.39, 0.29) is 51.2 Å². The van der Waals surface area contributed by atoms with Gasteiger partial charge >= 0.3 is 11.9 Å². The second-order valence-electron chi connectivity index (χ2n) is 8.38. The van der Waals surface area contributed by atoms with Crippen molar-refractivity contribution in [3.63, 3.8) is 0 Å². The second kappa shape index (κ2) is 10.8. The van der Waals surface area contributed by atoms with Crippen molar-refractivity contribution >= 4 is 11.9 Å². The number of aliphatic hydroxyl groups is 2. The maximum atomic E-state index is 12.8. The van der Waals surface area contributed by atoms with E-state index in [4.69, 9.17) is 37.9 Å². The summed E-state index contributed by atoms with van der Waals surface area (Å²) in [5.41, 5.74) is 0.278. The number of aromatic hydroxyl groups is 1. The van der Waals surface area contributed by atoms with E-state index in [1.54, 1.807) is 0 Å². The number of methoxy groups -OCH3 is 5. The van der Waals surface area contributed by atoms with Gasteiger partial charge < -0.3 is 53.2 Å². The molecule has 0 aliphatic carbocycles. The first-order valence-corrected chi connectivity index (χ1v) is 11.4. The molecule has 0 unspecified atom stereocenters. The Morgan fingerprint density at radius 3 is 2.03 bits per heavy atom. The van der Waals surface area contributed by atoms with E-state index in [0.29, 0.717) is 0 Å². The average molecular weight is 536 g/mol. The highest BCUT2D eigenvalue weighted by atomic mass is 16.6. The van der Waals surface area contributed by atoms with Gasteiger partial charge in [0.2, 0.25) is 11.5 Å². The molecular formula is C25H28O13. The highest BCUT2D eigenvalue weighted by molar-refractivity contribution is 5.95. The van der Waals surface area contributed by atoms with Crippen LogP contribution in [0.3, 0.4) is 0 Å². The third-order valence-corrected chi connectivity index (χ3v) is 6.40. The number of carbonyl (C=O) groups is 2. The molecular weight excluding hydrogens is 508 g/mol. The van der Waals surface area contributed by atoms with Crippen molar-refractivity contribution in [2.75, 3.05) is 42.2 Å². The molecule has 0 aromatic heterocycles. The Hall–Kier alpha value is -3.94. The Morgan fingerprint density at radius 1 is 0.868 bits per heavy atom. The van der Waals surface area contributed by atoms with E-state index in [0.717, 1.165) is 0 Å². The molecule has 4 rings (SSSR count). The second-order valence-corrected chi connectivity index (χ2v) is 8.38. The van der Waals surface area contributed by atoms with Gasteiger partial charge in [-0.2, -0.15) is 0 Å². The zero-order valence-electron chi connectivity index (χ0n) is 21.3. The molecule has 0 saturated carbocycles. The lowest BCUT2D eigenvalue weighted by molar-refractivity contribution is -0.235. The number of fused-ring (bicyclic) bond motifs is 3. The van der Waals surface area contributed by atoms with Crippen LogP contribution in [0.1, 0.15) is 32.4 Å². The summed E-state index contributed by atoms with van der Waals surface area (Å²) in [6.07, 6.45) is -6.77. The van der Waals surface area contributed by atoms with Crippen LogP contribution in [0.25, 0.3) is 0 Å². The number of hydrogen-bond acceptors (Lipinski definition) is 13. The molecule has 38 heavy (non-hydrogen) atoms. The van der Waals surface area contributed by atoms with E-state index < -0.39 is 49.1 Å². The maximum Gasteiger partial charge on any atom is 0.339 e. The Balaban J connectivity index is 1.63. The Labute approximate surface area is 217 Å². The predicted molar refractivity (Wildman–Crippen MR) is 126 cm³/mol. The maximum absolute atomic E-state index is 12.8. The summed E-state index contributed by atoms with van der Waals surface area (Å²) in [6.45, 7) is -0.481. The molecule has 206 valence electrons.